The Morgan fingerprint density at radius 1 is 1.05 bits per heavy atom. The zero-order valence-electron chi connectivity index (χ0n) is 11.4. The number of hydrogen-bond donors (Lipinski definition) is 0. The van der Waals surface area contributed by atoms with E-state index in [0.29, 0.717) is 5.92 Å². The molecule has 3 atom stereocenters. The predicted octanol–water partition coefficient (Wildman–Crippen LogP) is 3.72. The summed E-state index contributed by atoms with van der Waals surface area (Å²) in [5.41, 5.74) is 1.25. The van der Waals surface area contributed by atoms with Gasteiger partial charge in [-0.2, -0.15) is 0 Å². The summed E-state index contributed by atoms with van der Waals surface area (Å²) in [6.45, 7) is 0. The monoisotopic (exact) mass is 266 g/mol. The molecule has 1 saturated carbocycles. The van der Waals surface area contributed by atoms with Crippen molar-refractivity contribution < 1.29 is 9.53 Å². The largest absolute Gasteiger partial charge is 0.462 e. The van der Waals surface area contributed by atoms with Crippen LogP contribution in [0.5, 0.6) is 0 Å². The fourth-order valence-corrected chi connectivity index (χ4v) is 3.83. The third-order valence-electron chi connectivity index (χ3n) is 4.86. The lowest BCUT2D eigenvalue weighted by Gasteiger charge is -2.13. The van der Waals surface area contributed by atoms with Gasteiger partial charge in [-0.25, -0.2) is 0 Å². The van der Waals surface area contributed by atoms with E-state index in [1.807, 2.05) is 0 Å². The maximum absolute atomic E-state index is 12.0. The highest BCUT2D eigenvalue weighted by Crippen LogP contribution is 2.41. The molecule has 0 amide bonds. The maximum Gasteiger partial charge on any atom is 0.309 e. The van der Waals surface area contributed by atoms with Crippen molar-refractivity contribution in [1.29, 1.82) is 0 Å². The molecule has 1 aliphatic carbocycles. The smallest absolute Gasteiger partial charge is 0.309 e. The van der Waals surface area contributed by atoms with Gasteiger partial charge in [0.05, 0.1) is 5.92 Å². The number of benzene rings is 2. The molecule has 0 bridgehead atoms. The lowest BCUT2D eigenvalue weighted by Crippen LogP contribution is -2.18. The van der Waals surface area contributed by atoms with Gasteiger partial charge in [-0.3, -0.25) is 4.79 Å². The quantitative estimate of drug-likeness (QED) is 0.774. The van der Waals surface area contributed by atoms with Gasteiger partial charge in [-0.1, -0.05) is 42.5 Å². The number of carbonyl (C=O) groups excluding carboxylic acids is 1. The summed E-state index contributed by atoms with van der Waals surface area (Å²) in [4.78, 5) is 12.0. The SMILES string of the molecule is O=C1OC2CCCC2C1Cc1ccc2ccccc2c1. The molecule has 3 unspecified atom stereocenters. The summed E-state index contributed by atoms with van der Waals surface area (Å²) in [7, 11) is 0. The van der Waals surface area contributed by atoms with Crippen molar-refractivity contribution in [2.75, 3.05) is 0 Å². The fourth-order valence-electron chi connectivity index (χ4n) is 3.83. The molecule has 1 heterocycles. The second kappa shape index (κ2) is 4.62. The van der Waals surface area contributed by atoms with Crippen LogP contribution in [0.1, 0.15) is 24.8 Å². The lowest BCUT2D eigenvalue weighted by atomic mass is 9.86. The molecule has 0 radical (unpaired) electrons. The Hall–Kier alpha value is -1.83. The van der Waals surface area contributed by atoms with Crippen LogP contribution in [0.4, 0.5) is 0 Å². The second-order valence-corrected chi connectivity index (χ2v) is 6.06. The summed E-state index contributed by atoms with van der Waals surface area (Å²) in [5, 5.41) is 2.50. The standard InChI is InChI=1S/C18H18O2/c19-18-16(15-6-3-7-17(15)20-18)11-12-8-9-13-4-1-2-5-14(13)10-12/h1-2,4-5,8-10,15-17H,3,6-7,11H2. The van der Waals surface area contributed by atoms with Crippen LogP contribution in [0.25, 0.3) is 10.8 Å². The van der Waals surface area contributed by atoms with Crippen LogP contribution in [0.3, 0.4) is 0 Å². The first-order valence-corrected chi connectivity index (χ1v) is 7.49. The average molecular weight is 266 g/mol. The second-order valence-electron chi connectivity index (χ2n) is 6.06. The third kappa shape index (κ3) is 1.91. The van der Waals surface area contributed by atoms with Gasteiger partial charge in [-0.15, -0.1) is 0 Å². The van der Waals surface area contributed by atoms with E-state index < -0.39 is 0 Å². The molecule has 0 spiro atoms. The molecule has 2 fully saturated rings. The van der Waals surface area contributed by atoms with Crippen molar-refractivity contribution in [3.05, 3.63) is 48.0 Å². The Bertz CT molecular complexity index is 661. The molecule has 2 aromatic carbocycles. The molecule has 2 heteroatoms. The molecule has 2 nitrogen and oxygen atoms in total. The molecule has 102 valence electrons. The van der Waals surface area contributed by atoms with E-state index in [4.69, 9.17) is 4.74 Å². The average Bonchev–Trinajstić information content (AvgIpc) is 3.02. The van der Waals surface area contributed by atoms with Crippen LogP contribution < -0.4 is 0 Å². The van der Waals surface area contributed by atoms with E-state index in [1.165, 1.54) is 22.8 Å². The zero-order chi connectivity index (χ0) is 13.5. The molecular weight excluding hydrogens is 248 g/mol. The highest BCUT2D eigenvalue weighted by Gasteiger charge is 2.46. The van der Waals surface area contributed by atoms with Gasteiger partial charge >= 0.3 is 5.97 Å². The van der Waals surface area contributed by atoms with E-state index in [2.05, 4.69) is 42.5 Å². The Labute approximate surface area is 118 Å². The van der Waals surface area contributed by atoms with Crippen LogP contribution >= 0.6 is 0 Å². The van der Waals surface area contributed by atoms with Gasteiger partial charge in [0.15, 0.2) is 0 Å². The van der Waals surface area contributed by atoms with Crippen molar-refractivity contribution in [3.63, 3.8) is 0 Å². The molecule has 1 aliphatic heterocycles. The van der Waals surface area contributed by atoms with Gasteiger partial charge in [0.25, 0.3) is 0 Å². The predicted molar refractivity (Wildman–Crippen MR) is 78.4 cm³/mol. The van der Waals surface area contributed by atoms with Crippen molar-refractivity contribution in [3.8, 4) is 0 Å². The van der Waals surface area contributed by atoms with E-state index in [9.17, 15) is 4.79 Å². The Morgan fingerprint density at radius 3 is 2.80 bits per heavy atom. The summed E-state index contributed by atoms with van der Waals surface area (Å²) < 4.78 is 5.52. The summed E-state index contributed by atoms with van der Waals surface area (Å²) in [6, 6.07) is 14.9. The van der Waals surface area contributed by atoms with Crippen LogP contribution in [-0.2, 0) is 16.0 Å². The number of rotatable bonds is 2. The van der Waals surface area contributed by atoms with Gasteiger partial charge in [0.1, 0.15) is 6.10 Å². The number of carbonyl (C=O) groups is 1. The van der Waals surface area contributed by atoms with Crippen molar-refractivity contribution >= 4 is 16.7 Å². The Morgan fingerprint density at radius 2 is 1.90 bits per heavy atom. The van der Waals surface area contributed by atoms with Crippen LogP contribution in [0.2, 0.25) is 0 Å². The van der Waals surface area contributed by atoms with Crippen molar-refractivity contribution in [2.45, 2.75) is 31.8 Å². The first-order chi connectivity index (χ1) is 9.81. The van der Waals surface area contributed by atoms with E-state index >= 15 is 0 Å². The van der Waals surface area contributed by atoms with E-state index in [1.54, 1.807) is 0 Å². The summed E-state index contributed by atoms with van der Waals surface area (Å²) in [5.74, 6) is 0.547. The minimum atomic E-state index is 0.0212. The normalized spacial score (nSPS) is 28.6. The highest BCUT2D eigenvalue weighted by molar-refractivity contribution is 5.83. The lowest BCUT2D eigenvalue weighted by molar-refractivity contribution is -0.144. The van der Waals surface area contributed by atoms with Gasteiger partial charge in [-0.05, 0) is 42.0 Å². The van der Waals surface area contributed by atoms with E-state index in [-0.39, 0.29) is 18.0 Å². The third-order valence-corrected chi connectivity index (χ3v) is 4.86. The summed E-state index contributed by atoms with van der Waals surface area (Å²) in [6.07, 6.45) is 4.44. The topological polar surface area (TPSA) is 26.3 Å². The molecule has 0 N–H and O–H groups in total. The number of ether oxygens (including phenoxy) is 1. The Balaban J connectivity index is 1.62. The molecular formula is C18H18O2. The van der Waals surface area contributed by atoms with Crippen molar-refractivity contribution in [1.82, 2.24) is 0 Å². The van der Waals surface area contributed by atoms with E-state index in [0.717, 1.165) is 19.3 Å². The van der Waals surface area contributed by atoms with Crippen LogP contribution in [0.15, 0.2) is 42.5 Å². The fraction of sp³-hybridized carbons (Fsp3) is 0.389. The first kappa shape index (κ1) is 12.0. The zero-order valence-corrected chi connectivity index (χ0v) is 11.4. The molecule has 20 heavy (non-hydrogen) atoms. The van der Waals surface area contributed by atoms with Gasteiger partial charge in [0, 0.05) is 5.92 Å². The number of hydrogen-bond acceptors (Lipinski definition) is 2. The van der Waals surface area contributed by atoms with Gasteiger partial charge < -0.3 is 4.74 Å². The highest BCUT2D eigenvalue weighted by atomic mass is 16.6. The van der Waals surface area contributed by atoms with Crippen molar-refractivity contribution in [2.24, 2.45) is 11.8 Å². The number of fused-ring (bicyclic) bond motifs is 2. The molecule has 1 saturated heterocycles. The minimum absolute atomic E-state index is 0.0212. The molecule has 2 aliphatic rings. The Kier molecular flexibility index (Phi) is 2.76. The maximum atomic E-state index is 12.0. The van der Waals surface area contributed by atoms with Gasteiger partial charge in [0.2, 0.25) is 0 Å². The molecule has 2 aromatic rings. The van der Waals surface area contributed by atoms with Crippen LogP contribution in [0, 0.1) is 11.8 Å². The molecule has 0 aromatic heterocycles. The summed E-state index contributed by atoms with van der Waals surface area (Å²) >= 11 is 0. The van der Waals surface area contributed by atoms with Crippen LogP contribution in [-0.4, -0.2) is 12.1 Å². The molecule has 4 rings (SSSR count). The minimum Gasteiger partial charge on any atom is -0.462 e. The number of esters is 1. The first-order valence-electron chi connectivity index (χ1n) is 7.49.